The summed E-state index contributed by atoms with van der Waals surface area (Å²) in [5, 5.41) is 3.52. The first-order chi connectivity index (χ1) is 8.74. The first kappa shape index (κ1) is 11.8. The minimum Gasteiger partial charge on any atom is -0.444 e. The Hall–Kier alpha value is -1.26. The van der Waals surface area contributed by atoms with Crippen molar-refractivity contribution in [3.05, 3.63) is 47.2 Å². The van der Waals surface area contributed by atoms with Crippen LogP contribution in [0.5, 0.6) is 0 Å². The molecule has 1 aliphatic heterocycles. The molecule has 4 heteroatoms. The summed E-state index contributed by atoms with van der Waals surface area (Å²) in [5.41, 5.74) is 2.37. The van der Waals surface area contributed by atoms with Crippen LogP contribution in [-0.4, -0.2) is 10.7 Å². The van der Waals surface area contributed by atoms with E-state index in [0.29, 0.717) is 12.6 Å². The molecule has 2 aromatic rings. The third-order valence-corrected chi connectivity index (χ3v) is 4.46. The summed E-state index contributed by atoms with van der Waals surface area (Å²) in [6.07, 6.45) is 0. The van der Waals surface area contributed by atoms with Gasteiger partial charge >= 0.3 is 0 Å². The van der Waals surface area contributed by atoms with Gasteiger partial charge in [-0.2, -0.15) is 0 Å². The molecule has 1 unspecified atom stereocenters. The molecule has 1 atom stereocenters. The van der Waals surface area contributed by atoms with Crippen molar-refractivity contribution in [2.24, 2.45) is 0 Å². The zero-order valence-electron chi connectivity index (χ0n) is 10.6. The Morgan fingerprint density at radius 3 is 3.00 bits per heavy atom. The number of hydrogen-bond acceptors (Lipinski definition) is 4. The van der Waals surface area contributed by atoms with Crippen molar-refractivity contribution < 1.29 is 4.42 Å². The van der Waals surface area contributed by atoms with E-state index in [0.717, 1.165) is 23.1 Å². The molecule has 3 rings (SSSR count). The van der Waals surface area contributed by atoms with Gasteiger partial charge in [-0.1, -0.05) is 18.2 Å². The molecular formula is C14H16N2OS. The number of hydrogen-bond donors (Lipinski definition) is 1. The average Bonchev–Trinajstić information content (AvgIpc) is 2.92. The van der Waals surface area contributed by atoms with Crippen molar-refractivity contribution in [1.29, 1.82) is 0 Å². The smallest absolute Gasteiger partial charge is 0.208 e. The van der Waals surface area contributed by atoms with E-state index in [4.69, 9.17) is 4.42 Å². The van der Waals surface area contributed by atoms with E-state index >= 15 is 0 Å². The number of oxazole rings is 1. The minimum absolute atomic E-state index is 0.402. The molecule has 2 heterocycles. The standard InChI is InChI=1S/C14H16N2OS/c1-9-10(2)17-14(16-9)7-15-12-8-18-13-6-4-3-5-11(12)13/h3-6,12,15H,7-8H2,1-2H3. The SMILES string of the molecule is Cc1nc(CNC2CSc3ccccc32)oc1C. The van der Waals surface area contributed by atoms with Crippen molar-refractivity contribution in [3.63, 3.8) is 0 Å². The Morgan fingerprint density at radius 1 is 1.39 bits per heavy atom. The van der Waals surface area contributed by atoms with Crippen LogP contribution in [0.25, 0.3) is 0 Å². The maximum absolute atomic E-state index is 5.58. The predicted octanol–water partition coefficient (Wildman–Crippen LogP) is 3.23. The van der Waals surface area contributed by atoms with Gasteiger partial charge in [0.1, 0.15) is 5.76 Å². The number of nitrogens with one attached hydrogen (secondary N) is 1. The summed E-state index contributed by atoms with van der Waals surface area (Å²) in [5.74, 6) is 2.77. The molecule has 0 spiro atoms. The highest BCUT2D eigenvalue weighted by Crippen LogP contribution is 2.37. The molecule has 1 aliphatic rings. The fourth-order valence-corrected chi connectivity index (χ4v) is 3.35. The van der Waals surface area contributed by atoms with Crippen molar-refractivity contribution >= 4 is 11.8 Å². The van der Waals surface area contributed by atoms with E-state index in [1.807, 2.05) is 25.6 Å². The molecule has 0 radical (unpaired) electrons. The maximum atomic E-state index is 5.58. The van der Waals surface area contributed by atoms with Gasteiger partial charge in [0, 0.05) is 16.7 Å². The molecule has 1 aromatic carbocycles. The molecule has 1 aromatic heterocycles. The Labute approximate surface area is 111 Å². The molecule has 0 aliphatic carbocycles. The summed E-state index contributed by atoms with van der Waals surface area (Å²) >= 11 is 1.91. The van der Waals surface area contributed by atoms with Gasteiger partial charge < -0.3 is 9.73 Å². The third-order valence-electron chi connectivity index (χ3n) is 3.27. The molecule has 0 amide bonds. The number of aromatic nitrogens is 1. The molecule has 3 nitrogen and oxygen atoms in total. The first-order valence-corrected chi connectivity index (χ1v) is 7.10. The maximum Gasteiger partial charge on any atom is 0.208 e. The second-order valence-electron chi connectivity index (χ2n) is 4.53. The van der Waals surface area contributed by atoms with E-state index in [-0.39, 0.29) is 0 Å². The van der Waals surface area contributed by atoms with Gasteiger partial charge in [-0.15, -0.1) is 11.8 Å². The molecule has 0 saturated heterocycles. The Bertz CT molecular complexity index is 545. The summed E-state index contributed by atoms with van der Waals surface area (Å²) in [6, 6.07) is 8.97. The van der Waals surface area contributed by atoms with Gasteiger partial charge in [0.25, 0.3) is 0 Å². The highest BCUT2D eigenvalue weighted by molar-refractivity contribution is 7.99. The van der Waals surface area contributed by atoms with Crippen LogP contribution in [0.3, 0.4) is 0 Å². The van der Waals surface area contributed by atoms with Crippen LogP contribution < -0.4 is 5.32 Å². The van der Waals surface area contributed by atoms with Gasteiger partial charge in [-0.05, 0) is 25.5 Å². The lowest BCUT2D eigenvalue weighted by Gasteiger charge is -2.11. The molecular weight excluding hydrogens is 244 g/mol. The largest absolute Gasteiger partial charge is 0.444 e. The summed E-state index contributed by atoms with van der Waals surface area (Å²) in [6.45, 7) is 4.61. The van der Waals surface area contributed by atoms with Crippen molar-refractivity contribution in [3.8, 4) is 0 Å². The molecule has 0 saturated carbocycles. The summed E-state index contributed by atoms with van der Waals surface area (Å²) in [7, 11) is 0. The quantitative estimate of drug-likeness (QED) is 0.919. The van der Waals surface area contributed by atoms with Crippen molar-refractivity contribution in [2.75, 3.05) is 5.75 Å². The zero-order valence-corrected chi connectivity index (χ0v) is 11.4. The fourth-order valence-electron chi connectivity index (χ4n) is 2.16. The van der Waals surface area contributed by atoms with E-state index in [2.05, 4.69) is 34.6 Å². The van der Waals surface area contributed by atoms with E-state index in [1.165, 1.54) is 10.5 Å². The zero-order chi connectivity index (χ0) is 12.5. The lowest BCUT2D eigenvalue weighted by molar-refractivity contribution is 0.434. The lowest BCUT2D eigenvalue weighted by atomic mass is 10.1. The second-order valence-corrected chi connectivity index (χ2v) is 5.59. The van der Waals surface area contributed by atoms with E-state index < -0.39 is 0 Å². The van der Waals surface area contributed by atoms with Crippen LogP contribution in [0.2, 0.25) is 0 Å². The summed E-state index contributed by atoms with van der Waals surface area (Å²) < 4.78 is 5.58. The molecule has 18 heavy (non-hydrogen) atoms. The predicted molar refractivity (Wildman–Crippen MR) is 72.7 cm³/mol. The van der Waals surface area contributed by atoms with Crippen molar-refractivity contribution in [1.82, 2.24) is 10.3 Å². The third kappa shape index (κ3) is 2.18. The first-order valence-electron chi connectivity index (χ1n) is 6.12. The number of thioether (sulfide) groups is 1. The van der Waals surface area contributed by atoms with Crippen LogP contribution in [0.1, 0.15) is 29.0 Å². The van der Waals surface area contributed by atoms with Gasteiger partial charge in [-0.25, -0.2) is 4.98 Å². The molecule has 94 valence electrons. The number of benzene rings is 1. The van der Waals surface area contributed by atoms with Crippen LogP contribution in [-0.2, 0) is 6.54 Å². The van der Waals surface area contributed by atoms with Crippen LogP contribution in [0.4, 0.5) is 0 Å². The average molecular weight is 260 g/mol. The Balaban J connectivity index is 1.68. The molecule has 0 fully saturated rings. The Morgan fingerprint density at radius 2 is 2.22 bits per heavy atom. The van der Waals surface area contributed by atoms with Gasteiger partial charge in [0.2, 0.25) is 5.89 Å². The van der Waals surface area contributed by atoms with Crippen LogP contribution in [0, 0.1) is 13.8 Å². The Kier molecular flexibility index (Phi) is 3.14. The monoisotopic (exact) mass is 260 g/mol. The fraction of sp³-hybridized carbons (Fsp3) is 0.357. The summed E-state index contributed by atoms with van der Waals surface area (Å²) in [4.78, 5) is 5.78. The highest BCUT2D eigenvalue weighted by atomic mass is 32.2. The second kappa shape index (κ2) is 4.78. The lowest BCUT2D eigenvalue weighted by Crippen LogP contribution is -2.20. The number of aryl methyl sites for hydroxylation is 2. The number of rotatable bonds is 3. The normalized spacial score (nSPS) is 18.0. The van der Waals surface area contributed by atoms with Gasteiger partial charge in [-0.3, -0.25) is 0 Å². The highest BCUT2D eigenvalue weighted by Gasteiger charge is 2.22. The topological polar surface area (TPSA) is 38.1 Å². The number of nitrogens with zero attached hydrogens (tertiary/aromatic N) is 1. The van der Waals surface area contributed by atoms with Gasteiger partial charge in [0.15, 0.2) is 0 Å². The van der Waals surface area contributed by atoms with E-state index in [1.54, 1.807) is 0 Å². The van der Waals surface area contributed by atoms with E-state index in [9.17, 15) is 0 Å². The van der Waals surface area contributed by atoms with Crippen LogP contribution in [0.15, 0.2) is 33.6 Å². The van der Waals surface area contributed by atoms with Gasteiger partial charge in [0.05, 0.1) is 12.2 Å². The molecule has 0 bridgehead atoms. The van der Waals surface area contributed by atoms with Crippen molar-refractivity contribution in [2.45, 2.75) is 31.3 Å². The van der Waals surface area contributed by atoms with Crippen LogP contribution >= 0.6 is 11.8 Å². The minimum atomic E-state index is 0.402. The molecule has 1 N–H and O–H groups in total. The number of fused-ring (bicyclic) bond motifs is 1.